The lowest BCUT2D eigenvalue weighted by atomic mass is 9.71. The van der Waals surface area contributed by atoms with Crippen molar-refractivity contribution in [3.63, 3.8) is 0 Å². The zero-order valence-electron chi connectivity index (χ0n) is 16.3. The average Bonchev–Trinajstić information content (AvgIpc) is 2.73. The molecule has 3 amide bonds. The maximum absolute atomic E-state index is 13.2. The van der Waals surface area contributed by atoms with Gasteiger partial charge in [-0.15, -0.1) is 0 Å². The number of amides is 3. The number of fused-ring (bicyclic) bond motifs is 3. The lowest BCUT2D eigenvalue weighted by molar-refractivity contribution is -0.157. The van der Waals surface area contributed by atoms with E-state index in [1.165, 1.54) is 0 Å². The third kappa shape index (κ3) is 3.16. The summed E-state index contributed by atoms with van der Waals surface area (Å²) >= 11 is 0. The highest BCUT2D eigenvalue weighted by Gasteiger charge is 2.56. The van der Waals surface area contributed by atoms with Gasteiger partial charge in [0.25, 0.3) is 0 Å². The molecule has 0 bridgehead atoms. The van der Waals surface area contributed by atoms with Crippen molar-refractivity contribution in [3.8, 4) is 0 Å². The van der Waals surface area contributed by atoms with Crippen LogP contribution in [-0.4, -0.2) is 66.9 Å². The SMILES string of the molecule is CCCNC(=O)N1C[C@@H]2[C@H](c3ccccc31)[C@H](CO)N2C(=O)C1CCOCC1. The van der Waals surface area contributed by atoms with Gasteiger partial charge in [0, 0.05) is 43.8 Å². The van der Waals surface area contributed by atoms with E-state index in [1.54, 1.807) is 4.90 Å². The predicted molar refractivity (Wildman–Crippen MR) is 105 cm³/mol. The van der Waals surface area contributed by atoms with Crippen molar-refractivity contribution in [1.82, 2.24) is 10.2 Å². The Morgan fingerprint density at radius 1 is 1.25 bits per heavy atom. The van der Waals surface area contributed by atoms with Gasteiger partial charge in [-0.2, -0.15) is 0 Å². The monoisotopic (exact) mass is 387 g/mol. The van der Waals surface area contributed by atoms with E-state index in [9.17, 15) is 14.7 Å². The zero-order valence-corrected chi connectivity index (χ0v) is 16.3. The number of hydrogen-bond acceptors (Lipinski definition) is 4. The molecule has 0 aromatic heterocycles. The number of anilines is 1. The summed E-state index contributed by atoms with van der Waals surface area (Å²) in [6.07, 6.45) is 2.32. The Morgan fingerprint density at radius 2 is 2.00 bits per heavy atom. The summed E-state index contributed by atoms with van der Waals surface area (Å²) in [5.74, 6) is 0.111. The molecule has 3 aliphatic rings. The van der Waals surface area contributed by atoms with Crippen LogP contribution >= 0.6 is 0 Å². The Bertz CT molecular complexity index is 734. The lowest BCUT2D eigenvalue weighted by Gasteiger charge is -2.59. The molecule has 0 saturated carbocycles. The molecule has 1 aromatic carbocycles. The average molecular weight is 387 g/mol. The first-order valence-corrected chi connectivity index (χ1v) is 10.3. The number of aliphatic hydroxyl groups is 1. The van der Waals surface area contributed by atoms with E-state index in [0.717, 1.165) is 30.5 Å². The summed E-state index contributed by atoms with van der Waals surface area (Å²) in [4.78, 5) is 29.6. The van der Waals surface area contributed by atoms with Gasteiger partial charge in [-0.1, -0.05) is 25.1 Å². The first kappa shape index (κ1) is 19.2. The van der Waals surface area contributed by atoms with E-state index in [2.05, 4.69) is 5.32 Å². The molecule has 4 rings (SSSR count). The number of urea groups is 1. The molecule has 0 unspecified atom stereocenters. The van der Waals surface area contributed by atoms with Crippen molar-refractivity contribution in [2.24, 2.45) is 5.92 Å². The van der Waals surface area contributed by atoms with Crippen LogP contribution in [0.4, 0.5) is 10.5 Å². The highest BCUT2D eigenvalue weighted by molar-refractivity contribution is 5.94. The first-order chi connectivity index (χ1) is 13.7. The molecule has 28 heavy (non-hydrogen) atoms. The Balaban J connectivity index is 1.61. The van der Waals surface area contributed by atoms with Gasteiger partial charge in [0.15, 0.2) is 0 Å². The second kappa shape index (κ2) is 8.09. The van der Waals surface area contributed by atoms with E-state index in [-0.39, 0.29) is 42.5 Å². The van der Waals surface area contributed by atoms with E-state index >= 15 is 0 Å². The molecule has 3 atom stereocenters. The molecule has 0 radical (unpaired) electrons. The van der Waals surface area contributed by atoms with Gasteiger partial charge >= 0.3 is 6.03 Å². The Morgan fingerprint density at radius 3 is 2.71 bits per heavy atom. The number of likely N-dealkylation sites (tertiary alicyclic amines) is 1. The van der Waals surface area contributed by atoms with Gasteiger partial charge < -0.3 is 20.1 Å². The number of carbonyl (C=O) groups is 2. The molecule has 152 valence electrons. The summed E-state index contributed by atoms with van der Waals surface area (Å²) < 4.78 is 5.39. The van der Waals surface area contributed by atoms with Crippen molar-refractivity contribution in [2.45, 2.75) is 44.2 Å². The fraction of sp³-hybridized carbons (Fsp3) is 0.619. The summed E-state index contributed by atoms with van der Waals surface area (Å²) in [6, 6.07) is 7.42. The second-order valence-corrected chi connectivity index (χ2v) is 7.88. The Kier molecular flexibility index (Phi) is 5.55. The van der Waals surface area contributed by atoms with Crippen LogP contribution in [0.5, 0.6) is 0 Å². The normalized spacial score (nSPS) is 26.9. The van der Waals surface area contributed by atoms with Crippen molar-refractivity contribution in [2.75, 3.05) is 37.8 Å². The molecule has 2 fully saturated rings. The molecular weight excluding hydrogens is 358 g/mol. The van der Waals surface area contributed by atoms with Gasteiger partial charge in [0.05, 0.1) is 18.7 Å². The highest BCUT2D eigenvalue weighted by Crippen LogP contribution is 2.48. The fourth-order valence-corrected chi connectivity index (χ4v) is 4.87. The van der Waals surface area contributed by atoms with Crippen LogP contribution in [0.2, 0.25) is 0 Å². The number of carbonyl (C=O) groups excluding carboxylic acids is 2. The number of hydrogen-bond donors (Lipinski definition) is 2. The maximum atomic E-state index is 13.2. The van der Waals surface area contributed by atoms with Crippen LogP contribution in [0.3, 0.4) is 0 Å². The number of para-hydroxylation sites is 1. The number of nitrogens with one attached hydrogen (secondary N) is 1. The second-order valence-electron chi connectivity index (χ2n) is 7.88. The number of aliphatic hydroxyl groups excluding tert-OH is 1. The molecule has 2 N–H and O–H groups in total. The van der Waals surface area contributed by atoms with E-state index in [1.807, 2.05) is 36.1 Å². The molecule has 3 aliphatic heterocycles. The van der Waals surface area contributed by atoms with Crippen LogP contribution < -0.4 is 10.2 Å². The molecule has 3 heterocycles. The van der Waals surface area contributed by atoms with E-state index < -0.39 is 0 Å². The minimum atomic E-state index is -0.220. The number of ether oxygens (including phenoxy) is 1. The molecule has 7 nitrogen and oxygen atoms in total. The Hall–Kier alpha value is -2.12. The minimum Gasteiger partial charge on any atom is -0.394 e. The fourth-order valence-electron chi connectivity index (χ4n) is 4.87. The predicted octanol–water partition coefficient (Wildman–Crippen LogP) is 1.71. The number of nitrogens with zero attached hydrogens (tertiary/aromatic N) is 2. The van der Waals surface area contributed by atoms with Crippen LogP contribution in [0.25, 0.3) is 0 Å². The van der Waals surface area contributed by atoms with Crippen LogP contribution in [0, 0.1) is 5.92 Å². The minimum absolute atomic E-state index is 0.0525. The number of rotatable bonds is 4. The molecule has 2 saturated heterocycles. The zero-order chi connectivity index (χ0) is 19.7. The first-order valence-electron chi connectivity index (χ1n) is 10.3. The van der Waals surface area contributed by atoms with Gasteiger partial charge in [-0.25, -0.2) is 4.79 Å². The van der Waals surface area contributed by atoms with E-state index in [4.69, 9.17) is 4.74 Å². The summed E-state index contributed by atoms with van der Waals surface area (Å²) in [6.45, 7) is 4.25. The topological polar surface area (TPSA) is 82.1 Å². The molecule has 7 heteroatoms. The van der Waals surface area contributed by atoms with Crippen molar-refractivity contribution >= 4 is 17.6 Å². The van der Waals surface area contributed by atoms with Crippen molar-refractivity contribution < 1.29 is 19.4 Å². The van der Waals surface area contributed by atoms with Crippen LogP contribution in [-0.2, 0) is 9.53 Å². The third-order valence-corrected chi connectivity index (χ3v) is 6.28. The summed E-state index contributed by atoms with van der Waals surface area (Å²) in [7, 11) is 0. The Labute approximate surface area is 165 Å². The molecule has 1 aromatic rings. The molecule has 0 spiro atoms. The van der Waals surface area contributed by atoms with Crippen LogP contribution in [0.1, 0.15) is 37.7 Å². The molecule has 0 aliphatic carbocycles. The highest BCUT2D eigenvalue weighted by atomic mass is 16.5. The summed E-state index contributed by atoms with van der Waals surface area (Å²) in [5, 5.41) is 13.0. The van der Waals surface area contributed by atoms with Gasteiger partial charge in [-0.3, -0.25) is 9.69 Å². The standard InChI is InChI=1S/C21H29N3O4/c1-2-9-22-21(27)23-12-17-19(15-5-3-4-6-16(15)23)18(13-25)24(17)20(26)14-7-10-28-11-8-14/h3-6,14,17-19,25H,2,7-13H2,1H3,(H,22,27)/t17-,18+,19+/m1/s1. The van der Waals surface area contributed by atoms with Gasteiger partial charge in [0.1, 0.15) is 0 Å². The molecular formula is C21H29N3O4. The third-order valence-electron chi connectivity index (χ3n) is 6.28. The smallest absolute Gasteiger partial charge is 0.321 e. The number of benzene rings is 1. The van der Waals surface area contributed by atoms with Crippen molar-refractivity contribution in [1.29, 1.82) is 0 Å². The van der Waals surface area contributed by atoms with Crippen LogP contribution in [0.15, 0.2) is 24.3 Å². The maximum Gasteiger partial charge on any atom is 0.321 e. The quantitative estimate of drug-likeness (QED) is 0.824. The lowest BCUT2D eigenvalue weighted by Crippen LogP contribution is -2.72. The summed E-state index contributed by atoms with van der Waals surface area (Å²) in [5.41, 5.74) is 1.93. The van der Waals surface area contributed by atoms with Gasteiger partial charge in [-0.05, 0) is 30.9 Å². The van der Waals surface area contributed by atoms with Crippen molar-refractivity contribution in [3.05, 3.63) is 29.8 Å². The largest absolute Gasteiger partial charge is 0.394 e. The van der Waals surface area contributed by atoms with E-state index in [0.29, 0.717) is 26.3 Å². The van der Waals surface area contributed by atoms with Gasteiger partial charge in [0.2, 0.25) is 5.91 Å².